The van der Waals surface area contributed by atoms with Crippen LogP contribution in [0.3, 0.4) is 0 Å². The smallest absolute Gasteiger partial charge is 0.412 e. The van der Waals surface area contributed by atoms with Gasteiger partial charge in [-0.25, -0.2) is 14.0 Å². The number of anilines is 1. The van der Waals surface area contributed by atoms with Crippen LogP contribution in [0.5, 0.6) is 5.75 Å². The van der Waals surface area contributed by atoms with Crippen molar-refractivity contribution in [1.29, 1.82) is 0 Å². The summed E-state index contributed by atoms with van der Waals surface area (Å²) in [7, 11) is 1.38. The van der Waals surface area contributed by atoms with Gasteiger partial charge in [0.15, 0.2) is 0 Å². The highest BCUT2D eigenvalue weighted by Crippen LogP contribution is 2.39. The Balaban J connectivity index is 2.28. The second-order valence-corrected chi connectivity index (χ2v) is 5.75. The number of ether oxygens (including phenoxy) is 2. The number of fused-ring (bicyclic) bond motifs is 1. The van der Waals surface area contributed by atoms with Gasteiger partial charge in [0, 0.05) is 23.9 Å². The predicted octanol–water partition coefficient (Wildman–Crippen LogP) is 3.44. The number of methoxy groups -OCH3 is 1. The number of carbonyl (C=O) groups excluding carboxylic acids is 3. The minimum absolute atomic E-state index is 0.0447. The molecule has 0 unspecified atom stereocenters. The SMILES string of the molecule is COc1cc2c(C(=O)OC(N)=O)c(-c3ccc(F)cc3)oc2cc1NC(C)=O. The molecule has 0 spiro atoms. The van der Waals surface area contributed by atoms with E-state index in [4.69, 9.17) is 14.9 Å². The van der Waals surface area contributed by atoms with Crippen LogP contribution in [-0.2, 0) is 9.53 Å². The number of hydrogen-bond acceptors (Lipinski definition) is 6. The summed E-state index contributed by atoms with van der Waals surface area (Å²) in [6, 6.07) is 8.10. The van der Waals surface area contributed by atoms with E-state index in [-0.39, 0.29) is 33.9 Å². The minimum Gasteiger partial charge on any atom is -0.495 e. The maximum Gasteiger partial charge on any atom is 0.412 e. The van der Waals surface area contributed by atoms with Gasteiger partial charge in [0.05, 0.1) is 12.8 Å². The zero-order valence-electron chi connectivity index (χ0n) is 14.9. The number of esters is 1. The first-order valence-corrected chi connectivity index (χ1v) is 7.99. The molecule has 3 aromatic rings. The Morgan fingerprint density at radius 2 is 1.82 bits per heavy atom. The van der Waals surface area contributed by atoms with Crippen LogP contribution in [0, 0.1) is 5.82 Å². The second kappa shape index (κ2) is 7.39. The van der Waals surface area contributed by atoms with Gasteiger partial charge in [0.1, 0.15) is 28.5 Å². The average Bonchev–Trinajstić information content (AvgIpc) is 2.98. The molecule has 8 nitrogen and oxygen atoms in total. The van der Waals surface area contributed by atoms with Crippen LogP contribution < -0.4 is 15.8 Å². The summed E-state index contributed by atoms with van der Waals surface area (Å²) in [5, 5.41) is 2.85. The number of primary amides is 1. The molecule has 1 aromatic heterocycles. The largest absolute Gasteiger partial charge is 0.495 e. The highest BCUT2D eigenvalue weighted by atomic mass is 19.1. The van der Waals surface area contributed by atoms with Crippen molar-refractivity contribution in [1.82, 2.24) is 0 Å². The maximum absolute atomic E-state index is 13.3. The standard InChI is InChI=1S/C19H15FN2O6/c1-9(23)22-13-8-14-12(7-15(13)26-2)16(18(24)28-19(21)25)17(27-14)10-3-5-11(20)6-4-10/h3-8H,1-2H3,(H2,21,25)(H,22,23). The van der Waals surface area contributed by atoms with Gasteiger partial charge in [-0.3, -0.25) is 4.79 Å². The van der Waals surface area contributed by atoms with Crippen molar-refractivity contribution in [3.63, 3.8) is 0 Å². The Morgan fingerprint density at radius 3 is 2.39 bits per heavy atom. The number of hydrogen-bond donors (Lipinski definition) is 2. The lowest BCUT2D eigenvalue weighted by Gasteiger charge is -2.08. The molecule has 0 bridgehead atoms. The molecule has 0 atom stereocenters. The summed E-state index contributed by atoms with van der Waals surface area (Å²) in [5.74, 6) is -1.56. The van der Waals surface area contributed by atoms with E-state index < -0.39 is 17.9 Å². The zero-order chi connectivity index (χ0) is 20.4. The molecular weight excluding hydrogens is 371 g/mol. The molecule has 3 N–H and O–H groups in total. The summed E-state index contributed by atoms with van der Waals surface area (Å²) in [6.45, 7) is 1.32. The molecule has 0 fully saturated rings. The molecule has 2 aromatic carbocycles. The van der Waals surface area contributed by atoms with Gasteiger partial charge >= 0.3 is 12.1 Å². The average molecular weight is 386 g/mol. The fourth-order valence-electron chi connectivity index (χ4n) is 2.73. The normalized spacial score (nSPS) is 10.5. The van der Waals surface area contributed by atoms with Crippen molar-refractivity contribution in [3.8, 4) is 17.1 Å². The van der Waals surface area contributed by atoms with Crippen LogP contribution in [0.1, 0.15) is 17.3 Å². The van der Waals surface area contributed by atoms with E-state index in [1.54, 1.807) is 0 Å². The topological polar surface area (TPSA) is 121 Å². The third-order valence-electron chi connectivity index (χ3n) is 3.82. The van der Waals surface area contributed by atoms with Crippen LogP contribution in [0.2, 0.25) is 0 Å². The molecule has 1 heterocycles. The van der Waals surface area contributed by atoms with Crippen LogP contribution >= 0.6 is 0 Å². The summed E-state index contributed by atoms with van der Waals surface area (Å²) in [6.07, 6.45) is -1.29. The third kappa shape index (κ3) is 3.63. The lowest BCUT2D eigenvalue weighted by molar-refractivity contribution is -0.114. The molecular formula is C19H15FN2O6. The Hall–Kier alpha value is -3.88. The number of carbonyl (C=O) groups is 3. The highest BCUT2D eigenvalue weighted by molar-refractivity contribution is 6.12. The quantitative estimate of drug-likeness (QED) is 0.523. The Labute approximate surface area is 158 Å². The van der Waals surface area contributed by atoms with Crippen LogP contribution in [-0.4, -0.2) is 25.1 Å². The third-order valence-corrected chi connectivity index (χ3v) is 3.82. The molecule has 2 amide bonds. The number of nitrogens with one attached hydrogen (secondary N) is 1. The van der Waals surface area contributed by atoms with Crippen molar-refractivity contribution in [2.45, 2.75) is 6.92 Å². The molecule has 0 saturated carbocycles. The van der Waals surface area contributed by atoms with E-state index in [9.17, 15) is 18.8 Å². The molecule has 144 valence electrons. The highest BCUT2D eigenvalue weighted by Gasteiger charge is 2.26. The van der Waals surface area contributed by atoms with E-state index >= 15 is 0 Å². The van der Waals surface area contributed by atoms with Gasteiger partial charge in [-0.15, -0.1) is 0 Å². The van der Waals surface area contributed by atoms with Crippen molar-refractivity contribution in [2.75, 3.05) is 12.4 Å². The maximum atomic E-state index is 13.3. The minimum atomic E-state index is -1.29. The van der Waals surface area contributed by atoms with Crippen LogP contribution in [0.4, 0.5) is 14.9 Å². The van der Waals surface area contributed by atoms with Crippen molar-refractivity contribution < 1.29 is 32.7 Å². The molecule has 0 saturated heterocycles. The number of furan rings is 1. The molecule has 3 rings (SSSR count). The van der Waals surface area contributed by atoms with Gasteiger partial charge in [0.2, 0.25) is 5.91 Å². The first kappa shape index (κ1) is 18.9. The predicted molar refractivity (Wildman–Crippen MR) is 97.5 cm³/mol. The van der Waals surface area contributed by atoms with Crippen LogP contribution in [0.15, 0.2) is 40.8 Å². The fourth-order valence-corrected chi connectivity index (χ4v) is 2.73. The second-order valence-electron chi connectivity index (χ2n) is 5.75. The zero-order valence-corrected chi connectivity index (χ0v) is 14.9. The lowest BCUT2D eigenvalue weighted by Crippen LogP contribution is -2.18. The van der Waals surface area contributed by atoms with E-state index in [0.717, 1.165) is 0 Å². The number of rotatable bonds is 4. The lowest BCUT2D eigenvalue weighted by atomic mass is 10.0. The number of benzene rings is 2. The summed E-state index contributed by atoms with van der Waals surface area (Å²) < 4.78 is 28.8. The summed E-state index contributed by atoms with van der Waals surface area (Å²) in [5.41, 5.74) is 5.76. The summed E-state index contributed by atoms with van der Waals surface area (Å²) >= 11 is 0. The van der Waals surface area contributed by atoms with E-state index in [1.165, 1.54) is 50.4 Å². The van der Waals surface area contributed by atoms with Gasteiger partial charge < -0.3 is 24.9 Å². The fraction of sp³-hybridized carbons (Fsp3) is 0.105. The Bertz CT molecular complexity index is 1090. The first-order valence-electron chi connectivity index (χ1n) is 7.99. The van der Waals surface area contributed by atoms with Crippen molar-refractivity contribution in [2.24, 2.45) is 5.73 Å². The Morgan fingerprint density at radius 1 is 1.14 bits per heavy atom. The van der Waals surface area contributed by atoms with E-state index in [2.05, 4.69) is 10.1 Å². The number of halogens is 1. The summed E-state index contributed by atoms with van der Waals surface area (Å²) in [4.78, 5) is 35.0. The van der Waals surface area contributed by atoms with Gasteiger partial charge in [-0.1, -0.05) is 0 Å². The van der Waals surface area contributed by atoms with E-state index in [0.29, 0.717) is 11.3 Å². The Kier molecular flexibility index (Phi) is 4.99. The van der Waals surface area contributed by atoms with E-state index in [1.807, 2.05) is 0 Å². The molecule has 0 aliphatic heterocycles. The van der Waals surface area contributed by atoms with Gasteiger partial charge in [-0.2, -0.15) is 0 Å². The molecule has 0 aliphatic rings. The molecule has 28 heavy (non-hydrogen) atoms. The van der Waals surface area contributed by atoms with Crippen LogP contribution in [0.25, 0.3) is 22.3 Å². The first-order chi connectivity index (χ1) is 13.3. The number of nitrogens with two attached hydrogens (primary N) is 1. The molecule has 0 radical (unpaired) electrons. The molecule has 9 heteroatoms. The van der Waals surface area contributed by atoms with Gasteiger partial charge in [0.25, 0.3) is 0 Å². The monoisotopic (exact) mass is 386 g/mol. The van der Waals surface area contributed by atoms with Gasteiger partial charge in [-0.05, 0) is 30.3 Å². The molecule has 0 aliphatic carbocycles. The number of amides is 2. The van der Waals surface area contributed by atoms with Crippen molar-refractivity contribution in [3.05, 3.63) is 47.8 Å². The van der Waals surface area contributed by atoms with Crippen molar-refractivity contribution >= 4 is 34.6 Å².